The quantitative estimate of drug-likeness (QED) is 0.844. The Labute approximate surface area is 105 Å². The SMILES string of the molecule is O=c1[nH]c(NN2CCCCC2)nc2ccccc12. The van der Waals surface area contributed by atoms with Crippen LogP contribution in [0, 0.1) is 0 Å². The van der Waals surface area contributed by atoms with E-state index in [0.29, 0.717) is 11.3 Å². The Bertz CT molecular complexity index is 601. The molecular formula is C13H16N4O. The van der Waals surface area contributed by atoms with Gasteiger partial charge < -0.3 is 0 Å². The van der Waals surface area contributed by atoms with Crippen molar-refractivity contribution in [2.75, 3.05) is 18.5 Å². The Morgan fingerprint density at radius 3 is 2.78 bits per heavy atom. The van der Waals surface area contributed by atoms with Crippen molar-refractivity contribution >= 4 is 16.9 Å². The minimum Gasteiger partial charge on any atom is -0.291 e. The summed E-state index contributed by atoms with van der Waals surface area (Å²) in [6.07, 6.45) is 3.65. The molecule has 3 rings (SSSR count). The first kappa shape index (κ1) is 11.2. The number of H-pyrrole nitrogens is 1. The number of nitrogens with zero attached hydrogens (tertiary/aromatic N) is 2. The normalized spacial score (nSPS) is 16.9. The monoisotopic (exact) mass is 244 g/mol. The van der Waals surface area contributed by atoms with Crippen LogP contribution >= 0.6 is 0 Å². The molecule has 5 nitrogen and oxygen atoms in total. The van der Waals surface area contributed by atoms with Gasteiger partial charge in [-0.25, -0.2) is 9.99 Å². The number of rotatable bonds is 2. The number of hydrogen-bond donors (Lipinski definition) is 2. The molecule has 0 spiro atoms. The molecule has 0 saturated carbocycles. The molecule has 1 aliphatic rings. The second-order valence-electron chi connectivity index (χ2n) is 4.59. The van der Waals surface area contributed by atoms with E-state index >= 15 is 0 Å². The van der Waals surface area contributed by atoms with Gasteiger partial charge in [0.05, 0.1) is 10.9 Å². The molecule has 1 aromatic heterocycles. The zero-order valence-corrected chi connectivity index (χ0v) is 10.1. The Hall–Kier alpha value is -1.88. The van der Waals surface area contributed by atoms with Crippen molar-refractivity contribution in [3.8, 4) is 0 Å². The molecule has 0 unspecified atom stereocenters. The fourth-order valence-corrected chi connectivity index (χ4v) is 2.29. The molecule has 5 heteroatoms. The number of aromatic nitrogens is 2. The third kappa shape index (κ3) is 2.22. The van der Waals surface area contributed by atoms with E-state index in [-0.39, 0.29) is 5.56 Å². The summed E-state index contributed by atoms with van der Waals surface area (Å²) < 4.78 is 0. The van der Waals surface area contributed by atoms with Crippen molar-refractivity contribution in [2.45, 2.75) is 19.3 Å². The molecule has 1 saturated heterocycles. The van der Waals surface area contributed by atoms with Crippen molar-refractivity contribution in [2.24, 2.45) is 0 Å². The van der Waals surface area contributed by atoms with Gasteiger partial charge in [-0.1, -0.05) is 18.6 Å². The van der Waals surface area contributed by atoms with E-state index in [1.54, 1.807) is 6.07 Å². The smallest absolute Gasteiger partial charge is 0.260 e. The molecular weight excluding hydrogens is 228 g/mol. The molecule has 0 bridgehead atoms. The van der Waals surface area contributed by atoms with Crippen molar-refractivity contribution < 1.29 is 0 Å². The number of aromatic amines is 1. The fourth-order valence-electron chi connectivity index (χ4n) is 2.29. The predicted molar refractivity (Wildman–Crippen MR) is 71.4 cm³/mol. The van der Waals surface area contributed by atoms with Crippen molar-refractivity contribution in [1.29, 1.82) is 0 Å². The van der Waals surface area contributed by atoms with Crippen LogP contribution in [0.4, 0.5) is 5.95 Å². The van der Waals surface area contributed by atoms with Gasteiger partial charge in [0, 0.05) is 13.1 Å². The summed E-state index contributed by atoms with van der Waals surface area (Å²) in [5, 5.41) is 2.73. The average molecular weight is 244 g/mol. The van der Waals surface area contributed by atoms with E-state index < -0.39 is 0 Å². The van der Waals surface area contributed by atoms with Gasteiger partial charge in [0.1, 0.15) is 0 Å². The molecule has 0 amide bonds. The van der Waals surface area contributed by atoms with Crippen LogP contribution in [0.25, 0.3) is 10.9 Å². The van der Waals surface area contributed by atoms with Crippen LogP contribution in [-0.4, -0.2) is 28.1 Å². The van der Waals surface area contributed by atoms with Gasteiger partial charge in [0.2, 0.25) is 5.95 Å². The van der Waals surface area contributed by atoms with E-state index in [9.17, 15) is 4.79 Å². The van der Waals surface area contributed by atoms with Crippen LogP contribution in [0.2, 0.25) is 0 Å². The van der Waals surface area contributed by atoms with Crippen LogP contribution in [0.1, 0.15) is 19.3 Å². The maximum absolute atomic E-state index is 11.9. The van der Waals surface area contributed by atoms with Crippen molar-refractivity contribution in [3.05, 3.63) is 34.6 Å². The number of benzene rings is 1. The number of para-hydroxylation sites is 1. The van der Waals surface area contributed by atoms with Crippen LogP contribution < -0.4 is 11.0 Å². The first-order valence-corrected chi connectivity index (χ1v) is 6.33. The lowest BCUT2D eigenvalue weighted by Gasteiger charge is -2.26. The number of piperidine rings is 1. The average Bonchev–Trinajstić information content (AvgIpc) is 2.40. The Morgan fingerprint density at radius 1 is 1.17 bits per heavy atom. The van der Waals surface area contributed by atoms with Crippen molar-refractivity contribution in [3.63, 3.8) is 0 Å². The maximum atomic E-state index is 11.9. The highest BCUT2D eigenvalue weighted by atomic mass is 16.1. The van der Waals surface area contributed by atoms with E-state index in [4.69, 9.17) is 0 Å². The largest absolute Gasteiger partial charge is 0.291 e. The zero-order valence-electron chi connectivity index (χ0n) is 10.1. The lowest BCUT2D eigenvalue weighted by molar-refractivity contribution is 0.271. The Morgan fingerprint density at radius 2 is 1.94 bits per heavy atom. The number of fused-ring (bicyclic) bond motifs is 1. The summed E-state index contributed by atoms with van der Waals surface area (Å²) in [5.74, 6) is 0.528. The van der Waals surface area contributed by atoms with Crippen LogP contribution in [0.15, 0.2) is 29.1 Å². The van der Waals surface area contributed by atoms with E-state index in [0.717, 1.165) is 18.6 Å². The van der Waals surface area contributed by atoms with Crippen LogP contribution in [0.5, 0.6) is 0 Å². The fraction of sp³-hybridized carbons (Fsp3) is 0.385. The lowest BCUT2D eigenvalue weighted by atomic mass is 10.2. The van der Waals surface area contributed by atoms with Gasteiger partial charge >= 0.3 is 0 Å². The molecule has 18 heavy (non-hydrogen) atoms. The summed E-state index contributed by atoms with van der Waals surface area (Å²) in [4.78, 5) is 19.1. The molecule has 1 aliphatic heterocycles. The summed E-state index contributed by atoms with van der Waals surface area (Å²) in [5.41, 5.74) is 3.81. The summed E-state index contributed by atoms with van der Waals surface area (Å²) in [6, 6.07) is 7.37. The minimum absolute atomic E-state index is 0.0971. The lowest BCUT2D eigenvalue weighted by Crippen LogP contribution is -2.36. The number of hydrogen-bond acceptors (Lipinski definition) is 4. The van der Waals surface area contributed by atoms with Gasteiger partial charge in [0.25, 0.3) is 5.56 Å². The molecule has 1 fully saturated rings. The molecule has 1 aromatic carbocycles. The Kier molecular flexibility index (Phi) is 2.98. The third-order valence-electron chi connectivity index (χ3n) is 3.23. The predicted octanol–water partition coefficient (Wildman–Crippen LogP) is 1.74. The minimum atomic E-state index is -0.0971. The second-order valence-corrected chi connectivity index (χ2v) is 4.59. The highest BCUT2D eigenvalue weighted by Gasteiger charge is 2.11. The maximum Gasteiger partial charge on any atom is 0.260 e. The first-order valence-electron chi connectivity index (χ1n) is 6.33. The molecule has 0 atom stereocenters. The molecule has 0 radical (unpaired) electrons. The van der Waals surface area contributed by atoms with Gasteiger partial charge in [-0.3, -0.25) is 15.2 Å². The highest BCUT2D eigenvalue weighted by molar-refractivity contribution is 5.78. The van der Waals surface area contributed by atoms with Gasteiger partial charge in [-0.15, -0.1) is 0 Å². The van der Waals surface area contributed by atoms with Crippen molar-refractivity contribution in [1.82, 2.24) is 15.0 Å². The molecule has 94 valence electrons. The Balaban J connectivity index is 1.90. The standard InChI is InChI=1S/C13H16N4O/c18-12-10-6-2-3-7-11(10)14-13(15-12)16-17-8-4-1-5-9-17/h2-3,6-7H,1,4-5,8-9H2,(H2,14,15,16,18). The summed E-state index contributed by atoms with van der Waals surface area (Å²) in [7, 11) is 0. The first-order chi connectivity index (χ1) is 8.83. The zero-order chi connectivity index (χ0) is 12.4. The third-order valence-corrected chi connectivity index (χ3v) is 3.23. The molecule has 2 N–H and O–H groups in total. The van der Waals surface area contributed by atoms with Gasteiger partial charge in [-0.05, 0) is 25.0 Å². The number of nitrogens with one attached hydrogen (secondary N) is 2. The summed E-state index contributed by atoms with van der Waals surface area (Å²) in [6.45, 7) is 1.99. The molecule has 2 heterocycles. The summed E-state index contributed by atoms with van der Waals surface area (Å²) >= 11 is 0. The highest BCUT2D eigenvalue weighted by Crippen LogP contribution is 2.11. The second kappa shape index (κ2) is 4.78. The van der Waals surface area contributed by atoms with Gasteiger partial charge in [-0.2, -0.15) is 0 Å². The molecule has 0 aliphatic carbocycles. The topological polar surface area (TPSA) is 61.0 Å². The number of hydrazine groups is 1. The van der Waals surface area contributed by atoms with E-state index in [1.165, 1.54) is 19.3 Å². The van der Waals surface area contributed by atoms with Gasteiger partial charge in [0.15, 0.2) is 0 Å². The van der Waals surface area contributed by atoms with Crippen LogP contribution in [0.3, 0.4) is 0 Å². The number of anilines is 1. The van der Waals surface area contributed by atoms with E-state index in [2.05, 4.69) is 20.4 Å². The van der Waals surface area contributed by atoms with Crippen LogP contribution in [-0.2, 0) is 0 Å². The molecule has 2 aromatic rings. The van der Waals surface area contributed by atoms with E-state index in [1.807, 2.05) is 18.2 Å².